The molecule has 0 fully saturated rings. The summed E-state index contributed by atoms with van der Waals surface area (Å²) in [5.74, 6) is 0.871. The largest absolute Gasteiger partial charge is 0.439 e. The Labute approximate surface area is 130 Å². The molecule has 0 radical (unpaired) electrons. The Bertz CT molecular complexity index is 653. The Kier molecular flexibility index (Phi) is 5.12. The van der Waals surface area contributed by atoms with E-state index < -0.39 is 0 Å². The molecule has 0 bridgehead atoms. The molecule has 5 nitrogen and oxygen atoms in total. The molecule has 1 aromatic carbocycles. The number of aromatic nitrogens is 1. The number of nitrogens with one attached hydrogen (secondary N) is 1. The summed E-state index contributed by atoms with van der Waals surface area (Å²) in [5, 5.41) is 2.76. The van der Waals surface area contributed by atoms with E-state index in [2.05, 4.69) is 17.2 Å². The average molecular weight is 299 g/mol. The maximum atomic E-state index is 11.7. The van der Waals surface area contributed by atoms with Gasteiger partial charge in [0.2, 0.25) is 11.8 Å². The number of pyridine rings is 1. The highest BCUT2D eigenvalue weighted by molar-refractivity contribution is 5.92. The Morgan fingerprint density at radius 2 is 2.05 bits per heavy atom. The van der Waals surface area contributed by atoms with E-state index >= 15 is 0 Å². The number of anilines is 1. The third-order valence-corrected chi connectivity index (χ3v) is 3.51. The predicted octanol–water partition coefficient (Wildman–Crippen LogP) is 3.02. The number of carbonyl (C=O) groups excluding carboxylic acids is 1. The standard InChI is InChI=1S/C17H21N3O2/c1-11-4-6-15(8-12(11)2)22-16-7-5-14(10-19-16)20-17(21)13(3)9-18/h4-8,10,13H,9,18H2,1-3H3,(H,20,21). The van der Waals surface area contributed by atoms with Gasteiger partial charge in [0.05, 0.1) is 11.9 Å². The molecule has 1 aromatic heterocycles. The molecule has 22 heavy (non-hydrogen) atoms. The van der Waals surface area contributed by atoms with Gasteiger partial charge < -0.3 is 15.8 Å². The van der Waals surface area contributed by atoms with Crippen molar-refractivity contribution in [3.8, 4) is 11.6 Å². The predicted molar refractivity (Wildman–Crippen MR) is 87.1 cm³/mol. The van der Waals surface area contributed by atoms with Gasteiger partial charge in [-0.3, -0.25) is 4.79 Å². The van der Waals surface area contributed by atoms with Crippen LogP contribution >= 0.6 is 0 Å². The Hall–Kier alpha value is -2.40. The molecule has 1 heterocycles. The molecule has 0 spiro atoms. The van der Waals surface area contributed by atoms with Gasteiger partial charge in [-0.05, 0) is 43.2 Å². The molecule has 1 unspecified atom stereocenters. The van der Waals surface area contributed by atoms with Gasteiger partial charge in [0, 0.05) is 18.5 Å². The molecule has 0 aliphatic rings. The summed E-state index contributed by atoms with van der Waals surface area (Å²) < 4.78 is 5.70. The number of rotatable bonds is 5. The lowest BCUT2D eigenvalue weighted by Gasteiger charge is -2.10. The highest BCUT2D eigenvalue weighted by Gasteiger charge is 2.11. The van der Waals surface area contributed by atoms with Crippen molar-refractivity contribution in [1.29, 1.82) is 0 Å². The Balaban J connectivity index is 2.02. The number of benzene rings is 1. The SMILES string of the molecule is Cc1ccc(Oc2ccc(NC(=O)C(C)CN)cn2)cc1C. The van der Waals surface area contributed by atoms with Gasteiger partial charge in [-0.2, -0.15) is 0 Å². The van der Waals surface area contributed by atoms with Crippen LogP contribution in [0.4, 0.5) is 5.69 Å². The van der Waals surface area contributed by atoms with Gasteiger partial charge in [0.25, 0.3) is 0 Å². The van der Waals surface area contributed by atoms with Gasteiger partial charge in [-0.25, -0.2) is 4.98 Å². The highest BCUT2D eigenvalue weighted by Crippen LogP contribution is 2.23. The fourth-order valence-electron chi connectivity index (χ4n) is 1.79. The molecule has 0 aliphatic carbocycles. The van der Waals surface area contributed by atoms with E-state index in [0.717, 1.165) is 11.3 Å². The van der Waals surface area contributed by atoms with Crippen molar-refractivity contribution in [2.45, 2.75) is 20.8 Å². The molecule has 3 N–H and O–H groups in total. The minimum Gasteiger partial charge on any atom is -0.439 e. The van der Waals surface area contributed by atoms with Crippen LogP contribution in [0.2, 0.25) is 0 Å². The first-order valence-electron chi connectivity index (χ1n) is 7.21. The van der Waals surface area contributed by atoms with E-state index in [1.54, 1.807) is 25.3 Å². The van der Waals surface area contributed by atoms with E-state index in [0.29, 0.717) is 18.1 Å². The Morgan fingerprint density at radius 1 is 1.27 bits per heavy atom. The summed E-state index contributed by atoms with van der Waals surface area (Å²) in [5.41, 5.74) is 8.47. The van der Waals surface area contributed by atoms with Crippen molar-refractivity contribution in [2.24, 2.45) is 11.7 Å². The van der Waals surface area contributed by atoms with Crippen LogP contribution in [0.15, 0.2) is 36.5 Å². The number of carbonyl (C=O) groups is 1. The van der Waals surface area contributed by atoms with Gasteiger partial charge in [-0.1, -0.05) is 13.0 Å². The third-order valence-electron chi connectivity index (χ3n) is 3.51. The maximum Gasteiger partial charge on any atom is 0.228 e. The van der Waals surface area contributed by atoms with Crippen molar-refractivity contribution in [3.05, 3.63) is 47.7 Å². The summed E-state index contributed by atoms with van der Waals surface area (Å²) in [6.45, 7) is 6.18. The first kappa shape index (κ1) is 16.0. The van der Waals surface area contributed by atoms with Crippen LogP contribution in [0, 0.1) is 19.8 Å². The zero-order chi connectivity index (χ0) is 16.1. The number of nitrogens with zero attached hydrogens (tertiary/aromatic N) is 1. The molecule has 2 rings (SSSR count). The molecule has 1 amide bonds. The quantitative estimate of drug-likeness (QED) is 0.889. The normalized spacial score (nSPS) is 11.8. The number of hydrogen-bond donors (Lipinski definition) is 2. The lowest BCUT2D eigenvalue weighted by atomic mass is 10.1. The van der Waals surface area contributed by atoms with Gasteiger partial charge in [0.15, 0.2) is 0 Å². The summed E-state index contributed by atoms with van der Waals surface area (Å²) >= 11 is 0. The number of nitrogens with two attached hydrogens (primary N) is 1. The van der Waals surface area contributed by atoms with Gasteiger partial charge in [0.1, 0.15) is 5.75 Å². The first-order chi connectivity index (χ1) is 10.5. The number of hydrogen-bond acceptors (Lipinski definition) is 4. The number of ether oxygens (including phenoxy) is 1. The van der Waals surface area contributed by atoms with Crippen LogP contribution in [0.25, 0.3) is 0 Å². The van der Waals surface area contributed by atoms with Crippen LogP contribution < -0.4 is 15.8 Å². The molecule has 0 saturated heterocycles. The van der Waals surface area contributed by atoms with Crippen molar-refractivity contribution in [1.82, 2.24) is 4.98 Å². The molecule has 1 atom stereocenters. The van der Waals surface area contributed by atoms with E-state index in [1.807, 2.05) is 25.1 Å². The number of amides is 1. The average Bonchev–Trinajstić information content (AvgIpc) is 2.52. The van der Waals surface area contributed by atoms with Crippen LogP contribution in [0.1, 0.15) is 18.1 Å². The zero-order valence-electron chi connectivity index (χ0n) is 13.1. The summed E-state index contributed by atoms with van der Waals surface area (Å²) in [7, 11) is 0. The van der Waals surface area contributed by atoms with E-state index in [1.165, 1.54) is 5.56 Å². The molecule has 0 saturated carbocycles. The van der Waals surface area contributed by atoms with Crippen molar-refractivity contribution >= 4 is 11.6 Å². The van der Waals surface area contributed by atoms with Crippen molar-refractivity contribution in [2.75, 3.05) is 11.9 Å². The van der Waals surface area contributed by atoms with Crippen LogP contribution in [-0.4, -0.2) is 17.4 Å². The second-order valence-electron chi connectivity index (χ2n) is 5.36. The summed E-state index contributed by atoms with van der Waals surface area (Å²) in [6.07, 6.45) is 1.57. The second kappa shape index (κ2) is 7.04. The fourth-order valence-corrected chi connectivity index (χ4v) is 1.79. The molecule has 116 valence electrons. The highest BCUT2D eigenvalue weighted by atomic mass is 16.5. The summed E-state index contributed by atoms with van der Waals surface area (Å²) in [6, 6.07) is 9.36. The van der Waals surface area contributed by atoms with E-state index in [9.17, 15) is 4.79 Å². The topological polar surface area (TPSA) is 77.2 Å². The van der Waals surface area contributed by atoms with Gasteiger partial charge >= 0.3 is 0 Å². The van der Waals surface area contributed by atoms with Crippen LogP contribution in [0.3, 0.4) is 0 Å². The maximum absolute atomic E-state index is 11.7. The van der Waals surface area contributed by atoms with Crippen LogP contribution in [-0.2, 0) is 4.79 Å². The molecular weight excluding hydrogens is 278 g/mol. The minimum atomic E-state index is -0.230. The number of aryl methyl sites for hydroxylation is 2. The van der Waals surface area contributed by atoms with E-state index in [-0.39, 0.29) is 11.8 Å². The fraction of sp³-hybridized carbons (Fsp3) is 0.294. The lowest BCUT2D eigenvalue weighted by Crippen LogP contribution is -2.26. The zero-order valence-corrected chi connectivity index (χ0v) is 13.1. The molecule has 5 heteroatoms. The Morgan fingerprint density at radius 3 is 2.64 bits per heavy atom. The third kappa shape index (κ3) is 4.05. The monoisotopic (exact) mass is 299 g/mol. The van der Waals surface area contributed by atoms with E-state index in [4.69, 9.17) is 10.5 Å². The smallest absolute Gasteiger partial charge is 0.228 e. The molecule has 0 aliphatic heterocycles. The minimum absolute atomic E-state index is 0.118. The van der Waals surface area contributed by atoms with Crippen molar-refractivity contribution < 1.29 is 9.53 Å². The lowest BCUT2D eigenvalue weighted by molar-refractivity contribution is -0.119. The first-order valence-corrected chi connectivity index (χ1v) is 7.21. The van der Waals surface area contributed by atoms with Crippen molar-refractivity contribution in [3.63, 3.8) is 0 Å². The second-order valence-corrected chi connectivity index (χ2v) is 5.36. The van der Waals surface area contributed by atoms with Crippen LogP contribution in [0.5, 0.6) is 11.6 Å². The molecule has 2 aromatic rings. The molecular formula is C17H21N3O2. The summed E-state index contributed by atoms with van der Waals surface area (Å²) in [4.78, 5) is 15.9. The van der Waals surface area contributed by atoms with Gasteiger partial charge in [-0.15, -0.1) is 0 Å².